The number of ether oxygens (including phenoxy) is 1. The predicted octanol–water partition coefficient (Wildman–Crippen LogP) is 0.978. The van der Waals surface area contributed by atoms with Gasteiger partial charge >= 0.3 is 0 Å². The van der Waals surface area contributed by atoms with Crippen molar-refractivity contribution in [2.45, 2.75) is 25.7 Å². The van der Waals surface area contributed by atoms with Gasteiger partial charge < -0.3 is 15.4 Å². The van der Waals surface area contributed by atoms with Gasteiger partial charge in [-0.1, -0.05) is 0 Å². The van der Waals surface area contributed by atoms with Crippen molar-refractivity contribution in [2.24, 2.45) is 0 Å². The normalized spacial score (nSPS) is 14.8. The Balaban J connectivity index is 1.99. The molecule has 1 amide bonds. The zero-order chi connectivity index (χ0) is 13.1. The zero-order valence-electron chi connectivity index (χ0n) is 10.9. The number of nitrogen functional groups attached to an aromatic ring is 1. The smallest absolute Gasteiger partial charge is 0.276 e. The molecule has 6 nitrogen and oxygen atoms in total. The van der Waals surface area contributed by atoms with Crippen LogP contribution >= 0.6 is 0 Å². The summed E-state index contributed by atoms with van der Waals surface area (Å²) in [6, 6.07) is 0. The molecule has 0 aliphatic heterocycles. The van der Waals surface area contributed by atoms with Crippen molar-refractivity contribution in [3.63, 3.8) is 0 Å². The number of aromatic nitrogens is 2. The van der Waals surface area contributed by atoms with Gasteiger partial charge in [0.25, 0.3) is 5.91 Å². The number of anilines is 1. The van der Waals surface area contributed by atoms with Crippen LogP contribution in [-0.2, 0) is 4.74 Å². The van der Waals surface area contributed by atoms with E-state index in [1.54, 1.807) is 11.9 Å². The second kappa shape index (κ2) is 5.39. The second-order valence-electron chi connectivity index (χ2n) is 4.60. The largest absolute Gasteiger partial charge is 0.395 e. The molecule has 1 aromatic rings. The fraction of sp³-hybridized carbons (Fsp3) is 0.667. The molecule has 100 valence electrons. The molecule has 0 atom stereocenters. The van der Waals surface area contributed by atoms with E-state index in [4.69, 9.17) is 10.5 Å². The summed E-state index contributed by atoms with van der Waals surface area (Å²) >= 11 is 0. The maximum atomic E-state index is 12.1. The minimum Gasteiger partial charge on any atom is -0.395 e. The molecule has 1 fully saturated rings. The van der Waals surface area contributed by atoms with Crippen LogP contribution in [-0.4, -0.2) is 47.8 Å². The highest BCUT2D eigenvalue weighted by molar-refractivity contribution is 5.97. The lowest BCUT2D eigenvalue weighted by Crippen LogP contribution is -2.31. The number of aromatic amines is 1. The maximum Gasteiger partial charge on any atom is 0.276 e. The monoisotopic (exact) mass is 252 g/mol. The lowest BCUT2D eigenvalue weighted by Gasteiger charge is -2.15. The van der Waals surface area contributed by atoms with Crippen molar-refractivity contribution in [1.82, 2.24) is 15.1 Å². The molecule has 6 heteroatoms. The molecule has 0 spiro atoms. The number of carbonyl (C=O) groups excluding carboxylic acids is 1. The van der Waals surface area contributed by atoms with Crippen LogP contribution in [0.4, 0.5) is 5.69 Å². The van der Waals surface area contributed by atoms with Gasteiger partial charge in [-0.05, 0) is 19.8 Å². The fourth-order valence-electron chi connectivity index (χ4n) is 1.84. The Morgan fingerprint density at radius 1 is 1.61 bits per heavy atom. The quantitative estimate of drug-likeness (QED) is 0.739. The molecule has 0 bridgehead atoms. The average Bonchev–Trinajstić information content (AvgIpc) is 3.12. The lowest BCUT2D eigenvalue weighted by atomic mass is 10.2. The van der Waals surface area contributed by atoms with E-state index in [0.29, 0.717) is 37.1 Å². The Morgan fingerprint density at radius 3 is 2.94 bits per heavy atom. The highest BCUT2D eigenvalue weighted by Gasteiger charge is 2.30. The molecule has 0 saturated heterocycles. The summed E-state index contributed by atoms with van der Waals surface area (Å²) in [5, 5.41) is 6.93. The van der Waals surface area contributed by atoms with Crippen molar-refractivity contribution in [3.05, 3.63) is 11.4 Å². The van der Waals surface area contributed by atoms with E-state index in [-0.39, 0.29) is 5.91 Å². The number of carbonyl (C=O) groups is 1. The number of nitrogens with one attached hydrogen (secondary N) is 1. The Labute approximate surface area is 106 Å². The van der Waals surface area contributed by atoms with Crippen molar-refractivity contribution in [3.8, 4) is 0 Å². The van der Waals surface area contributed by atoms with E-state index in [1.165, 1.54) is 0 Å². The van der Waals surface area contributed by atoms with Crippen molar-refractivity contribution >= 4 is 11.6 Å². The number of amides is 1. The van der Waals surface area contributed by atoms with Crippen LogP contribution in [0.3, 0.4) is 0 Å². The average molecular weight is 252 g/mol. The van der Waals surface area contributed by atoms with Gasteiger partial charge in [-0.15, -0.1) is 0 Å². The highest BCUT2D eigenvalue weighted by Crippen LogP contribution is 2.42. The standard InChI is InChI=1S/C12H20N4O2/c1-3-18-7-6-16(2)12(17)11-9(13)10(14-15-11)8-4-5-8/h8H,3-7,13H2,1-2H3,(H,14,15). The molecule has 18 heavy (non-hydrogen) atoms. The zero-order valence-corrected chi connectivity index (χ0v) is 10.9. The number of likely N-dealkylation sites (N-methyl/N-ethyl adjacent to an activating group) is 1. The summed E-state index contributed by atoms with van der Waals surface area (Å²) in [5.41, 5.74) is 7.71. The molecule has 3 N–H and O–H groups in total. The van der Waals surface area contributed by atoms with E-state index in [0.717, 1.165) is 18.5 Å². The Kier molecular flexibility index (Phi) is 3.86. The summed E-state index contributed by atoms with van der Waals surface area (Å²) in [6.07, 6.45) is 2.25. The van der Waals surface area contributed by atoms with Gasteiger partial charge in [-0.2, -0.15) is 5.10 Å². The minimum atomic E-state index is -0.157. The van der Waals surface area contributed by atoms with Crippen LogP contribution in [0.15, 0.2) is 0 Å². The molecule has 1 saturated carbocycles. The van der Waals surface area contributed by atoms with Crippen LogP contribution in [0, 0.1) is 0 Å². The molecule has 0 unspecified atom stereocenters. The van der Waals surface area contributed by atoms with E-state index in [1.807, 2.05) is 6.92 Å². The van der Waals surface area contributed by atoms with Gasteiger partial charge in [0.05, 0.1) is 18.0 Å². The Hall–Kier alpha value is -1.56. The van der Waals surface area contributed by atoms with Crippen molar-refractivity contribution < 1.29 is 9.53 Å². The molecular formula is C12H20N4O2. The maximum absolute atomic E-state index is 12.1. The first-order valence-electron chi connectivity index (χ1n) is 6.32. The molecule has 2 rings (SSSR count). The number of hydrogen-bond donors (Lipinski definition) is 2. The number of H-pyrrole nitrogens is 1. The second-order valence-corrected chi connectivity index (χ2v) is 4.60. The van der Waals surface area contributed by atoms with Crippen molar-refractivity contribution in [1.29, 1.82) is 0 Å². The number of nitrogens with two attached hydrogens (primary N) is 1. The van der Waals surface area contributed by atoms with Gasteiger partial charge in [0, 0.05) is 26.1 Å². The third-order valence-electron chi connectivity index (χ3n) is 3.14. The van der Waals surface area contributed by atoms with Gasteiger partial charge in [0.2, 0.25) is 0 Å². The van der Waals surface area contributed by atoms with E-state index in [9.17, 15) is 4.79 Å². The summed E-state index contributed by atoms with van der Waals surface area (Å²) < 4.78 is 5.22. The van der Waals surface area contributed by atoms with Gasteiger partial charge in [0.1, 0.15) is 0 Å². The van der Waals surface area contributed by atoms with Gasteiger partial charge in [0.15, 0.2) is 5.69 Å². The lowest BCUT2D eigenvalue weighted by molar-refractivity contribution is 0.0705. The minimum absolute atomic E-state index is 0.157. The van der Waals surface area contributed by atoms with Crippen LogP contribution in [0.2, 0.25) is 0 Å². The number of hydrogen-bond acceptors (Lipinski definition) is 4. The Bertz CT molecular complexity index is 426. The summed E-state index contributed by atoms with van der Waals surface area (Å²) in [5.74, 6) is 0.308. The van der Waals surface area contributed by atoms with Crippen LogP contribution < -0.4 is 5.73 Å². The summed E-state index contributed by atoms with van der Waals surface area (Å²) in [6.45, 7) is 3.64. The molecule has 1 aliphatic rings. The predicted molar refractivity (Wildman–Crippen MR) is 68.4 cm³/mol. The summed E-state index contributed by atoms with van der Waals surface area (Å²) in [4.78, 5) is 13.7. The first-order chi connectivity index (χ1) is 8.65. The summed E-state index contributed by atoms with van der Waals surface area (Å²) in [7, 11) is 1.73. The number of rotatable bonds is 6. The molecule has 1 aliphatic carbocycles. The van der Waals surface area contributed by atoms with Gasteiger partial charge in [-0.3, -0.25) is 9.89 Å². The van der Waals surface area contributed by atoms with Crippen LogP contribution in [0.5, 0.6) is 0 Å². The fourth-order valence-corrected chi connectivity index (χ4v) is 1.84. The van der Waals surface area contributed by atoms with Gasteiger partial charge in [-0.25, -0.2) is 0 Å². The molecule has 0 radical (unpaired) electrons. The third-order valence-corrected chi connectivity index (χ3v) is 3.14. The highest BCUT2D eigenvalue weighted by atomic mass is 16.5. The number of nitrogens with zero attached hydrogens (tertiary/aromatic N) is 2. The first kappa shape index (κ1) is 12.9. The van der Waals surface area contributed by atoms with Crippen LogP contribution in [0.1, 0.15) is 41.9 Å². The van der Waals surface area contributed by atoms with E-state index in [2.05, 4.69) is 10.2 Å². The SMILES string of the molecule is CCOCCN(C)C(=O)c1n[nH]c(C2CC2)c1N. The molecular weight excluding hydrogens is 232 g/mol. The third kappa shape index (κ3) is 2.64. The Morgan fingerprint density at radius 2 is 2.33 bits per heavy atom. The molecule has 1 heterocycles. The molecule has 1 aromatic heterocycles. The van der Waals surface area contributed by atoms with E-state index >= 15 is 0 Å². The van der Waals surface area contributed by atoms with Crippen LogP contribution in [0.25, 0.3) is 0 Å². The topological polar surface area (TPSA) is 84.2 Å². The first-order valence-corrected chi connectivity index (χ1v) is 6.32. The van der Waals surface area contributed by atoms with E-state index < -0.39 is 0 Å². The molecule has 0 aromatic carbocycles. The van der Waals surface area contributed by atoms with Crippen molar-refractivity contribution in [2.75, 3.05) is 32.5 Å².